The summed E-state index contributed by atoms with van der Waals surface area (Å²) in [5, 5.41) is 13.5. The molecule has 0 saturated carbocycles. The monoisotopic (exact) mass is 407 g/mol. The number of benzene rings is 1. The van der Waals surface area contributed by atoms with Crippen LogP contribution in [0.25, 0.3) is 22.5 Å². The number of aryl methyl sites for hydroxylation is 1. The van der Waals surface area contributed by atoms with Crippen LogP contribution in [0.15, 0.2) is 28.7 Å². The normalized spacial score (nSPS) is 17.0. The molecule has 2 aromatic heterocycles. The molecule has 1 saturated heterocycles. The summed E-state index contributed by atoms with van der Waals surface area (Å²) in [5.41, 5.74) is 0.267. The fourth-order valence-corrected chi connectivity index (χ4v) is 3.72. The fourth-order valence-electron chi connectivity index (χ4n) is 3.72. The molecular weight excluding hydrogens is 387 g/mol. The summed E-state index contributed by atoms with van der Waals surface area (Å²) in [7, 11) is 1.84. The van der Waals surface area contributed by atoms with Crippen LogP contribution in [-0.2, 0) is 16.5 Å². The fraction of sp³-hybridized carbons (Fsp3) is 0.400. The molecule has 0 spiro atoms. The van der Waals surface area contributed by atoms with Crippen molar-refractivity contribution in [3.63, 3.8) is 0 Å². The van der Waals surface area contributed by atoms with Gasteiger partial charge in [0.05, 0.1) is 16.8 Å². The topological polar surface area (TPSA) is 80.4 Å². The second-order valence-corrected chi connectivity index (χ2v) is 7.17. The van der Waals surface area contributed by atoms with Crippen LogP contribution >= 0.6 is 0 Å². The van der Waals surface area contributed by atoms with Crippen molar-refractivity contribution < 1.29 is 27.4 Å². The van der Waals surface area contributed by atoms with Crippen molar-refractivity contribution in [1.29, 1.82) is 0 Å². The third-order valence-corrected chi connectivity index (χ3v) is 5.39. The summed E-state index contributed by atoms with van der Waals surface area (Å²) in [4.78, 5) is 8.96. The second kappa shape index (κ2) is 7.00. The molecular formula is C20H20F3N3O3. The van der Waals surface area contributed by atoms with E-state index < -0.39 is 23.0 Å². The Balaban J connectivity index is 1.77. The molecule has 3 aromatic rings. The highest BCUT2D eigenvalue weighted by Crippen LogP contribution is 2.39. The van der Waals surface area contributed by atoms with E-state index in [4.69, 9.17) is 9.15 Å². The van der Waals surface area contributed by atoms with Crippen molar-refractivity contribution in [2.45, 2.75) is 31.5 Å². The highest BCUT2D eigenvalue weighted by Gasteiger charge is 2.38. The number of aromatic hydroxyl groups is 1. The van der Waals surface area contributed by atoms with Crippen LogP contribution in [-0.4, -0.2) is 35.3 Å². The molecule has 1 aromatic carbocycles. The van der Waals surface area contributed by atoms with Gasteiger partial charge < -0.3 is 19.6 Å². The summed E-state index contributed by atoms with van der Waals surface area (Å²) in [6.45, 7) is 2.66. The Morgan fingerprint density at radius 2 is 1.86 bits per heavy atom. The molecule has 3 heterocycles. The Hall–Kier alpha value is -2.65. The number of hydrogen-bond acceptors (Lipinski definition) is 6. The lowest BCUT2D eigenvalue weighted by atomic mass is 9.90. The maximum atomic E-state index is 13.0. The Morgan fingerprint density at radius 3 is 2.48 bits per heavy atom. The van der Waals surface area contributed by atoms with Gasteiger partial charge >= 0.3 is 6.18 Å². The minimum absolute atomic E-state index is 0.235. The van der Waals surface area contributed by atoms with Crippen LogP contribution in [0.4, 0.5) is 13.2 Å². The van der Waals surface area contributed by atoms with Gasteiger partial charge in [0.1, 0.15) is 5.75 Å². The van der Waals surface area contributed by atoms with E-state index in [0.29, 0.717) is 54.9 Å². The van der Waals surface area contributed by atoms with Gasteiger partial charge in [-0.05, 0) is 56.6 Å². The number of pyridine rings is 1. The maximum Gasteiger partial charge on any atom is 0.416 e. The zero-order valence-corrected chi connectivity index (χ0v) is 15.9. The maximum absolute atomic E-state index is 13.0. The molecule has 0 radical (unpaired) electrons. The van der Waals surface area contributed by atoms with Crippen LogP contribution in [0.2, 0.25) is 0 Å². The first-order valence-electron chi connectivity index (χ1n) is 9.19. The molecule has 29 heavy (non-hydrogen) atoms. The average molecular weight is 407 g/mol. The number of hydrogen-bond donors (Lipinski definition) is 2. The predicted molar refractivity (Wildman–Crippen MR) is 99.4 cm³/mol. The molecule has 1 aliphatic rings. The molecule has 0 unspecified atom stereocenters. The molecule has 6 nitrogen and oxygen atoms in total. The van der Waals surface area contributed by atoms with E-state index in [1.54, 1.807) is 12.1 Å². The number of ether oxygens (including phenoxy) is 1. The number of nitrogens with zero attached hydrogens (tertiary/aromatic N) is 2. The van der Waals surface area contributed by atoms with E-state index in [2.05, 4.69) is 15.3 Å². The first-order valence-corrected chi connectivity index (χ1v) is 9.19. The lowest BCUT2D eigenvalue weighted by Gasteiger charge is -2.33. The number of fused-ring (bicyclic) bond motifs is 1. The van der Waals surface area contributed by atoms with Crippen molar-refractivity contribution in [2.24, 2.45) is 0 Å². The van der Waals surface area contributed by atoms with Crippen LogP contribution in [0, 0.1) is 6.92 Å². The Morgan fingerprint density at radius 1 is 1.14 bits per heavy atom. The van der Waals surface area contributed by atoms with E-state index in [9.17, 15) is 18.3 Å². The molecule has 154 valence electrons. The quantitative estimate of drug-likeness (QED) is 0.679. The van der Waals surface area contributed by atoms with Gasteiger partial charge in [0.15, 0.2) is 11.2 Å². The van der Waals surface area contributed by atoms with Gasteiger partial charge in [-0.1, -0.05) is 0 Å². The van der Waals surface area contributed by atoms with Crippen LogP contribution in [0.1, 0.15) is 29.9 Å². The SMILES string of the molecule is CNC1(c2nc3nc(-c4c(C)cc(C(F)(F)F)cc4O)ccc3o2)CCOCC1. The largest absolute Gasteiger partial charge is 0.507 e. The summed E-state index contributed by atoms with van der Waals surface area (Å²) in [5.74, 6) is 0.0142. The molecule has 9 heteroatoms. The second-order valence-electron chi connectivity index (χ2n) is 7.17. The van der Waals surface area contributed by atoms with E-state index in [1.165, 1.54) is 6.92 Å². The number of oxazole rings is 1. The highest BCUT2D eigenvalue weighted by molar-refractivity contribution is 5.77. The van der Waals surface area contributed by atoms with Crippen molar-refractivity contribution in [2.75, 3.05) is 20.3 Å². The summed E-state index contributed by atoms with van der Waals surface area (Å²) >= 11 is 0. The molecule has 1 fully saturated rings. The zero-order valence-electron chi connectivity index (χ0n) is 15.9. The first kappa shape index (κ1) is 19.7. The van der Waals surface area contributed by atoms with Gasteiger partial charge in [0.25, 0.3) is 0 Å². The number of halogens is 3. The van der Waals surface area contributed by atoms with E-state index >= 15 is 0 Å². The molecule has 0 atom stereocenters. The number of phenols is 1. The van der Waals surface area contributed by atoms with Gasteiger partial charge in [-0.15, -0.1) is 0 Å². The van der Waals surface area contributed by atoms with Crippen molar-refractivity contribution in [3.8, 4) is 17.0 Å². The molecule has 0 bridgehead atoms. The minimum Gasteiger partial charge on any atom is -0.507 e. The first-order chi connectivity index (χ1) is 13.7. The Kier molecular flexibility index (Phi) is 4.74. The third kappa shape index (κ3) is 3.44. The van der Waals surface area contributed by atoms with Gasteiger partial charge in [-0.2, -0.15) is 18.2 Å². The molecule has 1 aliphatic heterocycles. The van der Waals surface area contributed by atoms with Crippen LogP contribution in [0.5, 0.6) is 5.75 Å². The van der Waals surface area contributed by atoms with Gasteiger partial charge in [0, 0.05) is 18.8 Å². The number of rotatable bonds is 3. The van der Waals surface area contributed by atoms with Crippen molar-refractivity contribution in [3.05, 3.63) is 41.3 Å². The van der Waals surface area contributed by atoms with Crippen LogP contribution < -0.4 is 5.32 Å². The Labute approximate surface area is 164 Å². The molecule has 0 amide bonds. The molecule has 4 rings (SSSR count). The smallest absolute Gasteiger partial charge is 0.416 e. The molecule has 0 aliphatic carbocycles. The zero-order chi connectivity index (χ0) is 20.8. The summed E-state index contributed by atoms with van der Waals surface area (Å²) < 4.78 is 50.3. The van der Waals surface area contributed by atoms with Crippen molar-refractivity contribution >= 4 is 11.2 Å². The number of aromatic nitrogens is 2. The highest BCUT2D eigenvalue weighted by atomic mass is 19.4. The standard InChI is InChI=1S/C20H20F3N3O3/c1-11-9-12(20(21,22)23)10-14(27)16(11)13-3-4-15-17(25-13)26-18(29-15)19(24-2)5-7-28-8-6-19/h3-4,9-10,24,27H,5-8H2,1-2H3. The molecule has 2 N–H and O–H groups in total. The van der Waals surface area contributed by atoms with E-state index in [1.807, 2.05) is 7.05 Å². The number of phenolic OH excluding ortho intramolecular Hbond substituents is 1. The van der Waals surface area contributed by atoms with Gasteiger partial charge in [-0.25, -0.2) is 4.98 Å². The van der Waals surface area contributed by atoms with Gasteiger partial charge in [0.2, 0.25) is 5.89 Å². The number of nitrogens with one attached hydrogen (secondary N) is 1. The summed E-state index contributed by atoms with van der Waals surface area (Å²) in [6, 6.07) is 4.96. The van der Waals surface area contributed by atoms with Crippen molar-refractivity contribution in [1.82, 2.24) is 15.3 Å². The predicted octanol–water partition coefficient (Wildman–Crippen LogP) is 4.15. The van der Waals surface area contributed by atoms with E-state index in [0.717, 1.165) is 6.07 Å². The van der Waals surface area contributed by atoms with Gasteiger partial charge in [-0.3, -0.25) is 0 Å². The minimum atomic E-state index is -4.54. The lowest BCUT2D eigenvalue weighted by molar-refractivity contribution is -0.137. The summed E-state index contributed by atoms with van der Waals surface area (Å²) in [6.07, 6.45) is -3.14. The lowest BCUT2D eigenvalue weighted by Crippen LogP contribution is -2.45. The van der Waals surface area contributed by atoms with Crippen LogP contribution in [0.3, 0.4) is 0 Å². The number of alkyl halides is 3. The third-order valence-electron chi connectivity index (χ3n) is 5.39. The average Bonchev–Trinajstić information content (AvgIpc) is 3.11. The van der Waals surface area contributed by atoms with E-state index in [-0.39, 0.29) is 11.1 Å². The Bertz CT molecular complexity index is 1030.